The zero-order valence-corrected chi connectivity index (χ0v) is 12.7. The summed E-state index contributed by atoms with van der Waals surface area (Å²) in [5, 5.41) is 3.13. The molecule has 0 bridgehead atoms. The fraction of sp³-hybridized carbons (Fsp3) is 0.765. The van der Waals surface area contributed by atoms with E-state index < -0.39 is 0 Å². The largest absolute Gasteiger partial charge is 0.351 e. The summed E-state index contributed by atoms with van der Waals surface area (Å²) in [6.07, 6.45) is 13.6. The lowest BCUT2D eigenvalue weighted by atomic mass is 10.1. The Hall–Kier alpha value is -1.32. The van der Waals surface area contributed by atoms with Crippen molar-refractivity contribution in [2.45, 2.75) is 69.9 Å². The van der Waals surface area contributed by atoms with Crippen molar-refractivity contribution in [1.82, 2.24) is 10.2 Å². The zero-order chi connectivity index (χ0) is 14.7. The van der Waals surface area contributed by atoms with Crippen molar-refractivity contribution in [3.05, 3.63) is 12.2 Å². The van der Waals surface area contributed by atoms with Crippen LogP contribution in [0.2, 0.25) is 0 Å². The zero-order valence-electron chi connectivity index (χ0n) is 12.7. The molecule has 3 rings (SSSR count). The van der Waals surface area contributed by atoms with Crippen LogP contribution < -0.4 is 5.32 Å². The Morgan fingerprint density at radius 3 is 2.86 bits per heavy atom. The third-order valence-corrected chi connectivity index (χ3v) is 4.94. The lowest BCUT2D eigenvalue weighted by Crippen LogP contribution is -2.46. The highest BCUT2D eigenvalue weighted by Gasteiger charge is 2.40. The molecule has 0 aromatic carbocycles. The monoisotopic (exact) mass is 290 g/mol. The maximum absolute atomic E-state index is 12.4. The molecular formula is C17H26N2O2. The second-order valence-electron chi connectivity index (χ2n) is 6.64. The van der Waals surface area contributed by atoms with Gasteiger partial charge >= 0.3 is 0 Å². The van der Waals surface area contributed by atoms with Gasteiger partial charge in [-0.15, -0.1) is 0 Å². The van der Waals surface area contributed by atoms with Crippen molar-refractivity contribution in [3.8, 4) is 0 Å². The number of carbonyl (C=O) groups is 2. The van der Waals surface area contributed by atoms with Crippen molar-refractivity contribution in [2.75, 3.05) is 6.54 Å². The van der Waals surface area contributed by atoms with Gasteiger partial charge in [0.2, 0.25) is 11.8 Å². The lowest BCUT2D eigenvalue weighted by molar-refractivity contribution is -0.138. The van der Waals surface area contributed by atoms with Gasteiger partial charge in [0.25, 0.3) is 0 Å². The van der Waals surface area contributed by atoms with Crippen LogP contribution in [-0.2, 0) is 9.59 Å². The average Bonchev–Trinajstić information content (AvgIpc) is 3.01. The topological polar surface area (TPSA) is 49.4 Å². The lowest BCUT2D eigenvalue weighted by Gasteiger charge is -2.24. The fourth-order valence-electron chi connectivity index (χ4n) is 3.52. The van der Waals surface area contributed by atoms with E-state index in [1.807, 2.05) is 4.90 Å². The summed E-state index contributed by atoms with van der Waals surface area (Å²) in [4.78, 5) is 26.5. The van der Waals surface area contributed by atoms with Gasteiger partial charge in [-0.1, -0.05) is 25.0 Å². The number of amides is 2. The van der Waals surface area contributed by atoms with E-state index in [9.17, 15) is 9.59 Å². The number of nitrogens with one attached hydrogen (secondary N) is 1. The van der Waals surface area contributed by atoms with Crippen LogP contribution in [0.15, 0.2) is 12.2 Å². The summed E-state index contributed by atoms with van der Waals surface area (Å²) in [7, 11) is 0. The van der Waals surface area contributed by atoms with Crippen LogP contribution in [0.25, 0.3) is 0 Å². The highest BCUT2D eigenvalue weighted by Crippen LogP contribution is 2.32. The minimum atomic E-state index is -0.215. The third-order valence-electron chi connectivity index (χ3n) is 4.94. The van der Waals surface area contributed by atoms with E-state index in [1.165, 1.54) is 12.8 Å². The van der Waals surface area contributed by atoms with Crippen molar-refractivity contribution in [3.63, 3.8) is 0 Å². The molecule has 0 unspecified atom stereocenters. The van der Waals surface area contributed by atoms with Gasteiger partial charge in [0, 0.05) is 19.0 Å². The number of nitrogens with zero attached hydrogens (tertiary/aromatic N) is 1. The van der Waals surface area contributed by atoms with Gasteiger partial charge in [-0.3, -0.25) is 9.59 Å². The Morgan fingerprint density at radius 2 is 1.95 bits per heavy atom. The summed E-state index contributed by atoms with van der Waals surface area (Å²) in [6, 6.07) is 0.0873. The highest BCUT2D eigenvalue weighted by atomic mass is 16.2. The van der Waals surface area contributed by atoms with E-state index in [1.54, 1.807) is 0 Å². The van der Waals surface area contributed by atoms with Crippen LogP contribution in [0, 0.1) is 5.92 Å². The van der Waals surface area contributed by atoms with Gasteiger partial charge < -0.3 is 10.2 Å². The van der Waals surface area contributed by atoms with Gasteiger partial charge in [0.05, 0.1) is 0 Å². The Kier molecular flexibility index (Phi) is 4.61. The maximum Gasteiger partial charge on any atom is 0.243 e. The van der Waals surface area contributed by atoms with E-state index in [4.69, 9.17) is 0 Å². The highest BCUT2D eigenvalue weighted by molar-refractivity contribution is 5.88. The van der Waals surface area contributed by atoms with E-state index >= 15 is 0 Å². The standard InChI is InChI=1S/C17H26N2O2/c20-16-10-6-4-2-1-3-5-8-13-12-14(13)18-17(21)15-9-7-11-19(15)16/h5,8,13-15H,1-4,6-7,9-12H2,(H,18,21)/b8-5-/t13-,14-,15+/m1/s1. The number of fused-ring (bicyclic) bond motifs is 2. The molecule has 0 aromatic heterocycles. The molecule has 4 nitrogen and oxygen atoms in total. The molecule has 4 heteroatoms. The molecular weight excluding hydrogens is 264 g/mol. The van der Waals surface area contributed by atoms with Crippen LogP contribution in [0.1, 0.15) is 57.8 Å². The quantitative estimate of drug-likeness (QED) is 0.696. The second kappa shape index (κ2) is 6.63. The summed E-state index contributed by atoms with van der Waals surface area (Å²) < 4.78 is 0. The first-order valence-corrected chi connectivity index (χ1v) is 8.52. The van der Waals surface area contributed by atoms with Crippen LogP contribution in [0.3, 0.4) is 0 Å². The van der Waals surface area contributed by atoms with Gasteiger partial charge in [-0.2, -0.15) is 0 Å². The van der Waals surface area contributed by atoms with Crippen LogP contribution in [0.4, 0.5) is 0 Å². The molecule has 1 saturated carbocycles. The van der Waals surface area contributed by atoms with Crippen molar-refractivity contribution in [1.29, 1.82) is 0 Å². The van der Waals surface area contributed by atoms with Gasteiger partial charge in [-0.25, -0.2) is 0 Å². The Balaban J connectivity index is 1.64. The summed E-state index contributed by atoms with van der Waals surface area (Å²) in [5.74, 6) is 0.759. The normalized spacial score (nSPS) is 36.0. The molecule has 116 valence electrons. The maximum atomic E-state index is 12.4. The van der Waals surface area contributed by atoms with E-state index in [0.717, 1.165) is 45.1 Å². The molecule has 2 aliphatic heterocycles. The molecule has 1 N–H and O–H groups in total. The minimum Gasteiger partial charge on any atom is -0.351 e. The summed E-state index contributed by atoms with van der Waals surface area (Å²) >= 11 is 0. The summed E-state index contributed by atoms with van der Waals surface area (Å²) in [6.45, 7) is 0.755. The number of hydrogen-bond donors (Lipinski definition) is 1. The SMILES string of the molecule is O=C1N[C@@H]2C[C@H]2/C=C\CCCCCCC(=O)N2CCC[C@@H]12. The van der Waals surface area contributed by atoms with Crippen LogP contribution in [0.5, 0.6) is 0 Å². The van der Waals surface area contributed by atoms with Gasteiger partial charge in [0.1, 0.15) is 6.04 Å². The number of hydrogen-bond acceptors (Lipinski definition) is 2. The first-order valence-electron chi connectivity index (χ1n) is 8.52. The number of rotatable bonds is 0. The fourth-order valence-corrected chi connectivity index (χ4v) is 3.52. The molecule has 2 amide bonds. The molecule has 21 heavy (non-hydrogen) atoms. The minimum absolute atomic E-state index is 0.0663. The molecule has 1 aliphatic carbocycles. The Labute approximate surface area is 127 Å². The molecule has 2 heterocycles. The Bertz CT molecular complexity index is 433. The van der Waals surface area contributed by atoms with Crippen molar-refractivity contribution in [2.24, 2.45) is 5.92 Å². The van der Waals surface area contributed by atoms with E-state index in [-0.39, 0.29) is 17.9 Å². The molecule has 0 radical (unpaired) electrons. The molecule has 2 fully saturated rings. The van der Waals surface area contributed by atoms with E-state index in [2.05, 4.69) is 17.5 Å². The molecule has 1 saturated heterocycles. The van der Waals surface area contributed by atoms with Crippen LogP contribution in [-0.4, -0.2) is 35.3 Å². The van der Waals surface area contributed by atoms with Crippen LogP contribution >= 0.6 is 0 Å². The second-order valence-corrected chi connectivity index (χ2v) is 6.64. The predicted octanol–water partition coefficient (Wildman–Crippen LogP) is 2.39. The first-order chi connectivity index (χ1) is 10.3. The summed E-state index contributed by atoms with van der Waals surface area (Å²) in [5.41, 5.74) is 0. The van der Waals surface area contributed by atoms with Crippen molar-refractivity contribution >= 4 is 11.8 Å². The third kappa shape index (κ3) is 3.66. The van der Waals surface area contributed by atoms with Gasteiger partial charge in [0.15, 0.2) is 0 Å². The van der Waals surface area contributed by atoms with E-state index in [0.29, 0.717) is 18.4 Å². The van der Waals surface area contributed by atoms with Crippen molar-refractivity contribution < 1.29 is 9.59 Å². The van der Waals surface area contributed by atoms with Gasteiger partial charge in [-0.05, 0) is 44.4 Å². The molecule has 0 spiro atoms. The number of carbonyl (C=O) groups excluding carboxylic acids is 2. The molecule has 3 aliphatic rings. The first kappa shape index (κ1) is 14.6. The smallest absolute Gasteiger partial charge is 0.243 e. The predicted molar refractivity (Wildman–Crippen MR) is 81.6 cm³/mol. The molecule has 3 atom stereocenters. The average molecular weight is 290 g/mol. The Morgan fingerprint density at radius 1 is 1.10 bits per heavy atom. The molecule has 0 aromatic rings. The number of allylic oxidation sites excluding steroid dienone is 1.